The van der Waals surface area contributed by atoms with Gasteiger partial charge in [-0.15, -0.1) is 16.4 Å². The summed E-state index contributed by atoms with van der Waals surface area (Å²) in [5, 5.41) is 11.7. The minimum absolute atomic E-state index is 0.0561. The molecular weight excluding hydrogens is 372 g/mol. The number of nitrogens with zero attached hydrogens (tertiary/aromatic N) is 3. The van der Waals surface area contributed by atoms with E-state index < -0.39 is 0 Å². The highest BCUT2D eigenvalue weighted by molar-refractivity contribution is 7.18. The van der Waals surface area contributed by atoms with E-state index in [1.54, 1.807) is 11.3 Å². The Labute approximate surface area is 167 Å². The number of hydrogen-bond acceptors (Lipinski definition) is 5. The van der Waals surface area contributed by atoms with Gasteiger partial charge in [0.1, 0.15) is 6.54 Å². The first-order valence-electron chi connectivity index (χ1n) is 9.61. The molecule has 1 amide bonds. The molecule has 0 saturated carbocycles. The van der Waals surface area contributed by atoms with E-state index in [0.717, 1.165) is 31.2 Å². The lowest BCUT2D eigenvalue weighted by molar-refractivity contribution is -0.117. The normalized spacial score (nSPS) is 14.1. The molecule has 28 heavy (non-hydrogen) atoms. The summed E-state index contributed by atoms with van der Waals surface area (Å²) in [4.78, 5) is 27.3. The Morgan fingerprint density at radius 1 is 1.18 bits per heavy atom. The van der Waals surface area contributed by atoms with Crippen molar-refractivity contribution in [3.63, 3.8) is 0 Å². The third-order valence-corrected chi connectivity index (χ3v) is 6.35. The smallest absolute Gasteiger partial charge is 0.279 e. The lowest BCUT2D eigenvalue weighted by Gasteiger charge is -2.19. The molecule has 1 aliphatic carbocycles. The number of aromatic nitrogens is 3. The number of hydrogen-bond donors (Lipinski definition) is 1. The van der Waals surface area contributed by atoms with Gasteiger partial charge in [0.2, 0.25) is 5.91 Å². The number of anilines is 1. The highest BCUT2D eigenvalue weighted by Gasteiger charge is 2.21. The van der Waals surface area contributed by atoms with E-state index in [2.05, 4.69) is 36.4 Å². The molecule has 146 valence electrons. The van der Waals surface area contributed by atoms with Crippen molar-refractivity contribution in [1.82, 2.24) is 15.0 Å². The van der Waals surface area contributed by atoms with Gasteiger partial charge in [-0.1, -0.05) is 38.1 Å². The molecule has 0 fully saturated rings. The quantitative estimate of drug-likeness (QED) is 0.733. The lowest BCUT2D eigenvalue weighted by atomic mass is 9.87. The zero-order valence-electron chi connectivity index (χ0n) is 16.4. The highest BCUT2D eigenvalue weighted by Crippen LogP contribution is 2.33. The predicted octanol–water partition coefficient (Wildman–Crippen LogP) is 3.67. The van der Waals surface area contributed by atoms with Crippen LogP contribution in [0.3, 0.4) is 0 Å². The minimum atomic E-state index is -0.289. The molecule has 3 aromatic rings. The summed E-state index contributed by atoms with van der Waals surface area (Å²) in [5.41, 5.74) is 2.84. The molecule has 0 atom stereocenters. The Balaban J connectivity index is 1.54. The molecule has 7 heteroatoms. The topological polar surface area (TPSA) is 76.9 Å². The maximum absolute atomic E-state index is 12.9. The highest BCUT2D eigenvalue weighted by atomic mass is 32.1. The van der Waals surface area contributed by atoms with Gasteiger partial charge in [-0.05, 0) is 54.4 Å². The number of amides is 1. The van der Waals surface area contributed by atoms with Gasteiger partial charge >= 0.3 is 0 Å². The molecule has 0 unspecified atom stereocenters. The molecule has 2 heterocycles. The first kappa shape index (κ1) is 18.8. The van der Waals surface area contributed by atoms with Crippen molar-refractivity contribution in [3.8, 4) is 0 Å². The van der Waals surface area contributed by atoms with Crippen molar-refractivity contribution in [2.45, 2.75) is 58.4 Å². The van der Waals surface area contributed by atoms with Crippen molar-refractivity contribution in [2.75, 3.05) is 5.32 Å². The van der Waals surface area contributed by atoms with Crippen molar-refractivity contribution in [3.05, 3.63) is 50.6 Å². The molecule has 0 spiro atoms. The second-order valence-corrected chi connectivity index (χ2v) is 9.40. The van der Waals surface area contributed by atoms with E-state index in [1.165, 1.54) is 15.1 Å². The third kappa shape index (κ3) is 3.58. The summed E-state index contributed by atoms with van der Waals surface area (Å²) in [5.74, 6) is -0.289. The van der Waals surface area contributed by atoms with Crippen LogP contribution >= 0.6 is 11.3 Å². The fourth-order valence-corrected chi connectivity index (χ4v) is 4.80. The van der Waals surface area contributed by atoms with E-state index >= 15 is 0 Å². The maximum Gasteiger partial charge on any atom is 0.279 e. The number of nitrogens with one attached hydrogen (secondary N) is 1. The summed E-state index contributed by atoms with van der Waals surface area (Å²) in [6, 6.07) is 7.77. The van der Waals surface area contributed by atoms with E-state index in [9.17, 15) is 9.59 Å². The van der Waals surface area contributed by atoms with Crippen LogP contribution in [0.5, 0.6) is 0 Å². The molecule has 1 aliphatic rings. The van der Waals surface area contributed by atoms with Crippen LogP contribution < -0.4 is 10.9 Å². The number of rotatable bonds is 3. The number of carbonyl (C=O) groups excluding carboxylic acids is 1. The van der Waals surface area contributed by atoms with E-state index in [4.69, 9.17) is 0 Å². The third-order valence-electron chi connectivity index (χ3n) is 5.17. The fraction of sp³-hybridized carbons (Fsp3) is 0.429. The monoisotopic (exact) mass is 396 g/mol. The van der Waals surface area contributed by atoms with E-state index in [1.807, 2.05) is 24.3 Å². The van der Waals surface area contributed by atoms with Crippen molar-refractivity contribution in [2.24, 2.45) is 0 Å². The molecule has 0 radical (unpaired) electrons. The molecular formula is C21H24N4O2S. The number of carbonyl (C=O) groups is 1. The first-order chi connectivity index (χ1) is 13.3. The van der Waals surface area contributed by atoms with Gasteiger partial charge in [-0.3, -0.25) is 9.59 Å². The van der Waals surface area contributed by atoms with Crippen molar-refractivity contribution >= 4 is 33.1 Å². The molecule has 4 rings (SSSR count). The number of benzene rings is 1. The molecule has 0 saturated heterocycles. The molecule has 1 N–H and O–H groups in total. The van der Waals surface area contributed by atoms with Gasteiger partial charge in [0, 0.05) is 10.6 Å². The van der Waals surface area contributed by atoms with Crippen LogP contribution in [0.1, 0.15) is 49.6 Å². The minimum Gasteiger partial charge on any atom is -0.324 e. The predicted molar refractivity (Wildman–Crippen MR) is 112 cm³/mol. The zero-order valence-corrected chi connectivity index (χ0v) is 17.2. The summed E-state index contributed by atoms with van der Waals surface area (Å²) in [7, 11) is 0. The summed E-state index contributed by atoms with van der Waals surface area (Å²) >= 11 is 1.56. The van der Waals surface area contributed by atoms with Crippen molar-refractivity contribution in [1.29, 1.82) is 0 Å². The molecule has 6 nitrogen and oxygen atoms in total. The van der Waals surface area contributed by atoms with E-state index in [-0.39, 0.29) is 23.4 Å². The first-order valence-corrected chi connectivity index (χ1v) is 10.4. The van der Waals surface area contributed by atoms with Gasteiger partial charge in [-0.2, -0.15) is 0 Å². The van der Waals surface area contributed by atoms with Crippen LogP contribution in [0.15, 0.2) is 29.1 Å². The average Bonchev–Trinajstić information content (AvgIpc) is 3.03. The molecule has 0 bridgehead atoms. The van der Waals surface area contributed by atoms with Gasteiger partial charge in [0.15, 0.2) is 4.83 Å². The Morgan fingerprint density at radius 3 is 2.61 bits per heavy atom. The Bertz CT molecular complexity index is 1090. The SMILES string of the molecule is CC(C)(C)c1ccc(NC(=O)Cn2nnc3sc4c(c3c2=O)CCCC4)cc1. The summed E-state index contributed by atoms with van der Waals surface area (Å²) < 4.78 is 1.17. The van der Waals surface area contributed by atoms with Crippen molar-refractivity contribution < 1.29 is 4.79 Å². The van der Waals surface area contributed by atoms with Gasteiger partial charge in [0.25, 0.3) is 5.56 Å². The molecule has 2 aromatic heterocycles. The number of fused-ring (bicyclic) bond motifs is 3. The maximum atomic E-state index is 12.9. The largest absolute Gasteiger partial charge is 0.324 e. The number of aryl methyl sites for hydroxylation is 2. The molecule has 1 aromatic carbocycles. The van der Waals surface area contributed by atoms with Crippen LogP contribution in [0.2, 0.25) is 0 Å². The van der Waals surface area contributed by atoms with Crippen LogP contribution in [-0.4, -0.2) is 20.9 Å². The van der Waals surface area contributed by atoms with Crippen LogP contribution in [0.25, 0.3) is 10.2 Å². The second-order valence-electron chi connectivity index (χ2n) is 8.32. The average molecular weight is 397 g/mol. The molecule has 0 aliphatic heterocycles. The van der Waals surface area contributed by atoms with Gasteiger partial charge in [-0.25, -0.2) is 4.68 Å². The van der Waals surface area contributed by atoms with Crippen LogP contribution in [-0.2, 0) is 29.6 Å². The Hall–Kier alpha value is -2.54. The second kappa shape index (κ2) is 7.13. The zero-order chi connectivity index (χ0) is 19.9. The fourth-order valence-electron chi connectivity index (χ4n) is 3.60. The summed E-state index contributed by atoms with van der Waals surface area (Å²) in [6.45, 7) is 6.29. The summed E-state index contributed by atoms with van der Waals surface area (Å²) in [6.07, 6.45) is 4.15. The lowest BCUT2D eigenvalue weighted by Crippen LogP contribution is -2.30. The standard InChI is InChI=1S/C21H24N4O2S/c1-21(2,3)13-8-10-14(11-9-13)22-17(26)12-25-20(27)18-15-6-4-5-7-16(15)28-19(18)23-24-25/h8-11H,4-7,12H2,1-3H3,(H,22,26). The Morgan fingerprint density at radius 2 is 1.89 bits per heavy atom. The Kier molecular flexibility index (Phi) is 4.79. The van der Waals surface area contributed by atoms with Crippen LogP contribution in [0, 0.1) is 0 Å². The van der Waals surface area contributed by atoms with Gasteiger partial charge < -0.3 is 5.32 Å². The van der Waals surface area contributed by atoms with Crippen LogP contribution in [0.4, 0.5) is 5.69 Å². The van der Waals surface area contributed by atoms with E-state index in [0.29, 0.717) is 15.9 Å². The van der Waals surface area contributed by atoms with Gasteiger partial charge in [0.05, 0.1) is 5.39 Å². The number of thiophene rings is 1.